The van der Waals surface area contributed by atoms with Gasteiger partial charge in [-0.15, -0.1) is 0 Å². The van der Waals surface area contributed by atoms with Gasteiger partial charge in [0.1, 0.15) is 5.75 Å². The summed E-state index contributed by atoms with van der Waals surface area (Å²) in [6, 6.07) is 10.1. The van der Waals surface area contributed by atoms with Crippen LogP contribution in [0.5, 0.6) is 5.75 Å². The summed E-state index contributed by atoms with van der Waals surface area (Å²) in [6.45, 7) is 0. The lowest BCUT2D eigenvalue weighted by Gasteiger charge is -2.07. The number of aromatic hydroxyl groups is 1. The molecule has 82 valence electrons. The molecule has 0 aromatic heterocycles. The van der Waals surface area contributed by atoms with E-state index < -0.39 is 0 Å². The molecule has 0 atom stereocenters. The molecule has 4 nitrogen and oxygen atoms in total. The van der Waals surface area contributed by atoms with Crippen molar-refractivity contribution in [1.82, 2.24) is 0 Å². The van der Waals surface area contributed by atoms with Crippen LogP contribution in [-0.4, -0.2) is 5.11 Å². The second-order valence-corrected chi connectivity index (χ2v) is 3.66. The number of anilines is 3. The summed E-state index contributed by atoms with van der Waals surface area (Å²) >= 11 is 0. The summed E-state index contributed by atoms with van der Waals surface area (Å²) in [6.07, 6.45) is 0. The highest BCUT2D eigenvalue weighted by atomic mass is 16.3. The van der Waals surface area contributed by atoms with Gasteiger partial charge in [-0.2, -0.15) is 0 Å². The fourth-order valence-corrected chi connectivity index (χ4v) is 1.62. The molecule has 0 heterocycles. The van der Waals surface area contributed by atoms with E-state index in [0.717, 1.165) is 5.56 Å². The van der Waals surface area contributed by atoms with Crippen LogP contribution in [0.2, 0.25) is 0 Å². The second kappa shape index (κ2) is 3.66. The quantitative estimate of drug-likeness (QED) is 0.545. The van der Waals surface area contributed by atoms with Crippen molar-refractivity contribution in [2.24, 2.45) is 0 Å². The Morgan fingerprint density at radius 1 is 0.750 bits per heavy atom. The Kier molecular flexibility index (Phi) is 2.32. The first kappa shape index (κ1) is 10.2. The normalized spacial score (nSPS) is 10.2. The van der Waals surface area contributed by atoms with Gasteiger partial charge in [0, 0.05) is 28.7 Å². The van der Waals surface area contributed by atoms with Crippen molar-refractivity contribution in [2.75, 3.05) is 17.2 Å². The summed E-state index contributed by atoms with van der Waals surface area (Å²) in [5, 5.41) is 9.76. The van der Waals surface area contributed by atoms with Crippen molar-refractivity contribution < 1.29 is 5.11 Å². The zero-order valence-corrected chi connectivity index (χ0v) is 8.64. The summed E-state index contributed by atoms with van der Waals surface area (Å²) < 4.78 is 0. The van der Waals surface area contributed by atoms with Gasteiger partial charge in [-0.25, -0.2) is 0 Å². The van der Waals surface area contributed by atoms with E-state index in [-0.39, 0.29) is 5.75 Å². The molecule has 0 radical (unpaired) electrons. The lowest BCUT2D eigenvalue weighted by molar-refractivity contribution is 0.477. The van der Waals surface area contributed by atoms with E-state index in [4.69, 9.17) is 17.2 Å². The molecular formula is C12H13N3O. The molecule has 0 saturated carbocycles. The maximum atomic E-state index is 9.76. The van der Waals surface area contributed by atoms with Gasteiger partial charge >= 0.3 is 0 Å². The molecule has 2 aromatic rings. The Bertz CT molecular complexity index is 518. The highest BCUT2D eigenvalue weighted by molar-refractivity contribution is 5.77. The Morgan fingerprint density at radius 2 is 1.38 bits per heavy atom. The molecule has 0 fully saturated rings. The Hall–Kier alpha value is -2.36. The number of nitrogens with two attached hydrogens (primary N) is 3. The van der Waals surface area contributed by atoms with Gasteiger partial charge in [0.2, 0.25) is 0 Å². The average Bonchev–Trinajstić information content (AvgIpc) is 2.15. The van der Waals surface area contributed by atoms with E-state index in [1.165, 1.54) is 6.07 Å². The van der Waals surface area contributed by atoms with E-state index in [1.54, 1.807) is 30.3 Å². The van der Waals surface area contributed by atoms with Crippen molar-refractivity contribution in [1.29, 1.82) is 0 Å². The van der Waals surface area contributed by atoms with Gasteiger partial charge in [-0.05, 0) is 35.9 Å². The van der Waals surface area contributed by atoms with Crippen molar-refractivity contribution in [3.8, 4) is 16.9 Å². The molecule has 2 rings (SSSR count). The first-order chi connectivity index (χ1) is 7.56. The van der Waals surface area contributed by atoms with E-state index in [2.05, 4.69) is 0 Å². The average molecular weight is 215 g/mol. The predicted octanol–water partition coefficient (Wildman–Crippen LogP) is 1.81. The van der Waals surface area contributed by atoms with Crippen LogP contribution in [0.1, 0.15) is 0 Å². The van der Waals surface area contributed by atoms with Crippen LogP contribution in [0, 0.1) is 0 Å². The van der Waals surface area contributed by atoms with Crippen LogP contribution in [0.15, 0.2) is 36.4 Å². The molecule has 0 aliphatic rings. The fraction of sp³-hybridized carbons (Fsp3) is 0. The topological polar surface area (TPSA) is 98.3 Å². The first-order valence-corrected chi connectivity index (χ1v) is 4.81. The number of hydrogen-bond acceptors (Lipinski definition) is 4. The van der Waals surface area contributed by atoms with Crippen LogP contribution >= 0.6 is 0 Å². The van der Waals surface area contributed by atoms with Gasteiger partial charge in [-0.3, -0.25) is 0 Å². The number of hydrogen-bond donors (Lipinski definition) is 4. The third-order valence-corrected chi connectivity index (χ3v) is 2.31. The van der Waals surface area contributed by atoms with Crippen LogP contribution in [0.4, 0.5) is 17.1 Å². The smallest absolute Gasteiger partial charge is 0.125 e. The molecule has 0 unspecified atom stereocenters. The highest BCUT2D eigenvalue weighted by Gasteiger charge is 2.05. The molecule has 0 spiro atoms. The molecule has 7 N–H and O–H groups in total. The standard InChI is InChI=1S/C12H13N3O/c13-8-1-2-11(12(16)6-8)7-3-9(14)5-10(15)4-7/h1-6,16H,13-15H2. The first-order valence-electron chi connectivity index (χ1n) is 4.81. The van der Waals surface area contributed by atoms with Crippen molar-refractivity contribution in [2.45, 2.75) is 0 Å². The summed E-state index contributed by atoms with van der Waals surface area (Å²) in [5.74, 6) is 0.116. The van der Waals surface area contributed by atoms with Gasteiger partial charge in [0.05, 0.1) is 0 Å². The zero-order chi connectivity index (χ0) is 11.7. The van der Waals surface area contributed by atoms with E-state index in [0.29, 0.717) is 22.6 Å². The lowest BCUT2D eigenvalue weighted by atomic mass is 10.0. The SMILES string of the molecule is Nc1cc(N)cc(-c2ccc(N)cc2O)c1. The van der Waals surface area contributed by atoms with Gasteiger partial charge < -0.3 is 22.3 Å². The highest BCUT2D eigenvalue weighted by Crippen LogP contribution is 2.32. The third kappa shape index (κ3) is 1.86. The van der Waals surface area contributed by atoms with Crippen LogP contribution in [-0.2, 0) is 0 Å². The van der Waals surface area contributed by atoms with E-state index in [9.17, 15) is 5.11 Å². The number of phenols is 1. The summed E-state index contributed by atoms with van der Waals surface area (Å²) in [5.41, 5.74) is 20.0. The van der Waals surface area contributed by atoms with Gasteiger partial charge in [0.15, 0.2) is 0 Å². The third-order valence-electron chi connectivity index (χ3n) is 2.31. The number of phenolic OH excluding ortho intramolecular Hbond substituents is 1. The molecule has 2 aromatic carbocycles. The van der Waals surface area contributed by atoms with Crippen molar-refractivity contribution in [3.63, 3.8) is 0 Å². The molecule has 0 saturated heterocycles. The monoisotopic (exact) mass is 215 g/mol. The second-order valence-electron chi connectivity index (χ2n) is 3.66. The number of benzene rings is 2. The van der Waals surface area contributed by atoms with Crippen LogP contribution < -0.4 is 17.2 Å². The molecule has 0 amide bonds. The van der Waals surface area contributed by atoms with Gasteiger partial charge in [-0.1, -0.05) is 0 Å². The van der Waals surface area contributed by atoms with E-state index in [1.807, 2.05) is 0 Å². The van der Waals surface area contributed by atoms with Crippen LogP contribution in [0.3, 0.4) is 0 Å². The maximum Gasteiger partial charge on any atom is 0.125 e. The zero-order valence-electron chi connectivity index (χ0n) is 8.64. The minimum absolute atomic E-state index is 0.116. The maximum absolute atomic E-state index is 9.76. The number of rotatable bonds is 1. The molecule has 0 aliphatic heterocycles. The Labute approximate surface area is 93.3 Å². The minimum atomic E-state index is 0.116. The Morgan fingerprint density at radius 3 is 1.94 bits per heavy atom. The summed E-state index contributed by atoms with van der Waals surface area (Å²) in [7, 11) is 0. The molecule has 4 heteroatoms. The van der Waals surface area contributed by atoms with Gasteiger partial charge in [0.25, 0.3) is 0 Å². The van der Waals surface area contributed by atoms with Crippen molar-refractivity contribution in [3.05, 3.63) is 36.4 Å². The van der Waals surface area contributed by atoms with Crippen molar-refractivity contribution >= 4 is 17.1 Å². The molecule has 16 heavy (non-hydrogen) atoms. The molecule has 0 aliphatic carbocycles. The fourth-order valence-electron chi connectivity index (χ4n) is 1.62. The summed E-state index contributed by atoms with van der Waals surface area (Å²) in [4.78, 5) is 0. The molecular weight excluding hydrogens is 202 g/mol. The Balaban J connectivity index is 2.58. The van der Waals surface area contributed by atoms with Crippen LogP contribution in [0.25, 0.3) is 11.1 Å². The van der Waals surface area contributed by atoms with E-state index >= 15 is 0 Å². The predicted molar refractivity (Wildman–Crippen MR) is 66.8 cm³/mol. The lowest BCUT2D eigenvalue weighted by Crippen LogP contribution is -1.92. The minimum Gasteiger partial charge on any atom is -0.507 e. The largest absolute Gasteiger partial charge is 0.507 e. The molecule has 0 bridgehead atoms. The number of nitrogen functional groups attached to an aromatic ring is 3.